The van der Waals surface area contributed by atoms with Crippen LogP contribution in [0.1, 0.15) is 32.6 Å². The first-order valence-electron chi connectivity index (χ1n) is 7.92. The van der Waals surface area contributed by atoms with E-state index in [1.807, 2.05) is 12.3 Å². The van der Waals surface area contributed by atoms with Crippen molar-refractivity contribution in [1.82, 2.24) is 9.88 Å². The van der Waals surface area contributed by atoms with E-state index >= 15 is 0 Å². The van der Waals surface area contributed by atoms with Crippen molar-refractivity contribution in [2.75, 3.05) is 36.8 Å². The molecule has 0 radical (unpaired) electrons. The van der Waals surface area contributed by atoms with Crippen LogP contribution in [0.2, 0.25) is 0 Å². The minimum Gasteiger partial charge on any atom is -0.396 e. The van der Waals surface area contributed by atoms with E-state index in [1.54, 1.807) is 6.20 Å². The average molecular weight is 274 g/mol. The molecule has 20 heavy (non-hydrogen) atoms. The van der Waals surface area contributed by atoms with E-state index in [-0.39, 0.29) is 0 Å². The Morgan fingerprint density at radius 1 is 1.10 bits per heavy atom. The van der Waals surface area contributed by atoms with E-state index in [4.69, 9.17) is 5.73 Å². The molecule has 4 nitrogen and oxygen atoms in total. The normalized spacial score (nSPS) is 28.6. The summed E-state index contributed by atoms with van der Waals surface area (Å²) in [6, 6.07) is 2.86. The van der Waals surface area contributed by atoms with E-state index in [9.17, 15) is 0 Å². The summed E-state index contributed by atoms with van der Waals surface area (Å²) in [6.07, 6.45) is 9.17. The number of pyridine rings is 1. The minimum absolute atomic E-state index is 0.799. The largest absolute Gasteiger partial charge is 0.396 e. The van der Waals surface area contributed by atoms with Crippen molar-refractivity contribution in [2.24, 2.45) is 5.92 Å². The molecule has 0 aromatic carbocycles. The number of nitrogen functional groups attached to an aromatic ring is 1. The molecule has 0 spiro atoms. The number of nitrogens with two attached hydrogens (primary N) is 1. The summed E-state index contributed by atoms with van der Waals surface area (Å²) < 4.78 is 0. The van der Waals surface area contributed by atoms with Gasteiger partial charge in [0.15, 0.2) is 0 Å². The van der Waals surface area contributed by atoms with Crippen LogP contribution in [-0.4, -0.2) is 42.1 Å². The van der Waals surface area contributed by atoms with E-state index in [0.717, 1.165) is 36.4 Å². The molecule has 0 amide bonds. The van der Waals surface area contributed by atoms with E-state index in [2.05, 4.69) is 21.7 Å². The minimum atomic E-state index is 0.799. The van der Waals surface area contributed by atoms with Gasteiger partial charge in [0.05, 0.1) is 17.6 Å². The molecule has 0 unspecified atom stereocenters. The predicted octanol–water partition coefficient (Wildman–Crippen LogP) is 2.36. The van der Waals surface area contributed by atoms with Gasteiger partial charge in [-0.2, -0.15) is 0 Å². The lowest BCUT2D eigenvalue weighted by Gasteiger charge is -2.42. The second-order valence-electron chi connectivity index (χ2n) is 6.37. The van der Waals surface area contributed by atoms with E-state index in [0.29, 0.717) is 0 Å². The van der Waals surface area contributed by atoms with Gasteiger partial charge in [-0.3, -0.25) is 9.88 Å². The average Bonchev–Trinajstić information content (AvgIpc) is 2.49. The standard InChI is InChI=1S/C16H26N4/c1-13-2-4-14(5-3-13)19-8-10-20(11-9-19)16-6-7-18-12-15(16)17/h6-7,12-14H,2-5,8-11,17H2,1H3. The Hall–Kier alpha value is -1.29. The number of rotatable bonds is 2. The molecule has 0 atom stereocenters. The molecule has 2 fully saturated rings. The third-order valence-electron chi connectivity index (χ3n) is 4.98. The molecule has 1 saturated heterocycles. The van der Waals surface area contributed by atoms with Crippen LogP contribution in [0, 0.1) is 5.92 Å². The molecule has 1 aliphatic carbocycles. The van der Waals surface area contributed by atoms with Crippen molar-refractivity contribution in [1.29, 1.82) is 0 Å². The maximum atomic E-state index is 6.03. The Kier molecular flexibility index (Phi) is 4.10. The fourth-order valence-corrected chi connectivity index (χ4v) is 3.62. The van der Waals surface area contributed by atoms with Crippen LogP contribution in [0.4, 0.5) is 11.4 Å². The first kappa shape index (κ1) is 13.7. The SMILES string of the molecule is CC1CCC(N2CCN(c3ccncc3N)CC2)CC1. The van der Waals surface area contributed by atoms with Crippen LogP contribution in [0.5, 0.6) is 0 Å². The van der Waals surface area contributed by atoms with Crippen LogP contribution in [0.25, 0.3) is 0 Å². The molecule has 1 saturated carbocycles. The van der Waals surface area contributed by atoms with E-state index in [1.165, 1.54) is 38.8 Å². The zero-order chi connectivity index (χ0) is 13.9. The highest BCUT2D eigenvalue weighted by molar-refractivity contribution is 5.66. The van der Waals surface area contributed by atoms with Crippen molar-refractivity contribution in [3.8, 4) is 0 Å². The summed E-state index contributed by atoms with van der Waals surface area (Å²) in [5.41, 5.74) is 7.97. The Bertz CT molecular complexity index is 432. The number of hydrogen-bond donors (Lipinski definition) is 1. The van der Waals surface area contributed by atoms with Crippen molar-refractivity contribution in [3.05, 3.63) is 18.5 Å². The summed E-state index contributed by atoms with van der Waals surface area (Å²) in [6.45, 7) is 6.89. The van der Waals surface area contributed by atoms with Crippen LogP contribution in [0.3, 0.4) is 0 Å². The third-order valence-corrected chi connectivity index (χ3v) is 4.98. The molecule has 110 valence electrons. The molecule has 1 aliphatic heterocycles. The number of hydrogen-bond acceptors (Lipinski definition) is 4. The molecule has 1 aromatic rings. The first-order valence-corrected chi connectivity index (χ1v) is 7.92. The number of nitrogens with zero attached hydrogens (tertiary/aromatic N) is 3. The highest BCUT2D eigenvalue weighted by atomic mass is 15.3. The van der Waals surface area contributed by atoms with Gasteiger partial charge in [0.1, 0.15) is 0 Å². The molecule has 3 rings (SSSR count). The maximum Gasteiger partial charge on any atom is 0.0738 e. The Morgan fingerprint density at radius 3 is 2.45 bits per heavy atom. The van der Waals surface area contributed by atoms with Gasteiger partial charge in [-0.15, -0.1) is 0 Å². The van der Waals surface area contributed by atoms with Crippen LogP contribution < -0.4 is 10.6 Å². The topological polar surface area (TPSA) is 45.4 Å². The summed E-state index contributed by atoms with van der Waals surface area (Å²) in [7, 11) is 0. The lowest BCUT2D eigenvalue weighted by Crippen LogP contribution is -2.51. The Labute approximate surface area is 122 Å². The van der Waals surface area contributed by atoms with Crippen LogP contribution >= 0.6 is 0 Å². The van der Waals surface area contributed by atoms with Gasteiger partial charge < -0.3 is 10.6 Å². The lowest BCUT2D eigenvalue weighted by molar-refractivity contribution is 0.133. The monoisotopic (exact) mass is 274 g/mol. The summed E-state index contributed by atoms with van der Waals surface area (Å²) in [5.74, 6) is 0.934. The predicted molar refractivity (Wildman–Crippen MR) is 83.9 cm³/mol. The number of piperazine rings is 1. The molecule has 2 aliphatic rings. The fraction of sp³-hybridized carbons (Fsp3) is 0.688. The second kappa shape index (κ2) is 6.00. The first-order chi connectivity index (χ1) is 9.74. The van der Waals surface area contributed by atoms with Crippen molar-refractivity contribution in [2.45, 2.75) is 38.6 Å². The Morgan fingerprint density at radius 2 is 1.80 bits per heavy atom. The van der Waals surface area contributed by atoms with Gasteiger partial charge in [-0.05, 0) is 37.7 Å². The molecule has 0 bridgehead atoms. The molecular formula is C16H26N4. The van der Waals surface area contributed by atoms with Gasteiger partial charge in [-0.25, -0.2) is 0 Å². The highest BCUT2D eigenvalue weighted by Gasteiger charge is 2.27. The Balaban J connectivity index is 1.56. The number of aromatic nitrogens is 1. The maximum absolute atomic E-state index is 6.03. The summed E-state index contributed by atoms with van der Waals surface area (Å²) in [5, 5.41) is 0. The third kappa shape index (κ3) is 2.90. The van der Waals surface area contributed by atoms with Gasteiger partial charge in [0.25, 0.3) is 0 Å². The molecule has 1 aromatic heterocycles. The van der Waals surface area contributed by atoms with Crippen molar-refractivity contribution < 1.29 is 0 Å². The highest BCUT2D eigenvalue weighted by Crippen LogP contribution is 2.29. The van der Waals surface area contributed by atoms with Crippen LogP contribution in [-0.2, 0) is 0 Å². The summed E-state index contributed by atoms with van der Waals surface area (Å²) >= 11 is 0. The zero-order valence-corrected chi connectivity index (χ0v) is 12.5. The summed E-state index contributed by atoms with van der Waals surface area (Å²) in [4.78, 5) is 9.17. The number of anilines is 2. The van der Waals surface area contributed by atoms with Crippen LogP contribution in [0.15, 0.2) is 18.5 Å². The van der Waals surface area contributed by atoms with Gasteiger partial charge >= 0.3 is 0 Å². The second-order valence-corrected chi connectivity index (χ2v) is 6.37. The van der Waals surface area contributed by atoms with E-state index < -0.39 is 0 Å². The molecular weight excluding hydrogens is 248 g/mol. The quantitative estimate of drug-likeness (QED) is 0.899. The molecule has 2 N–H and O–H groups in total. The lowest BCUT2D eigenvalue weighted by atomic mass is 9.86. The fourth-order valence-electron chi connectivity index (χ4n) is 3.62. The van der Waals surface area contributed by atoms with Gasteiger partial charge in [0, 0.05) is 38.4 Å². The smallest absolute Gasteiger partial charge is 0.0738 e. The molecule has 2 heterocycles. The van der Waals surface area contributed by atoms with Crippen molar-refractivity contribution >= 4 is 11.4 Å². The van der Waals surface area contributed by atoms with Crippen molar-refractivity contribution in [3.63, 3.8) is 0 Å². The van der Waals surface area contributed by atoms with Gasteiger partial charge in [-0.1, -0.05) is 6.92 Å². The van der Waals surface area contributed by atoms with Gasteiger partial charge in [0.2, 0.25) is 0 Å². The zero-order valence-electron chi connectivity index (χ0n) is 12.5. The molecule has 4 heteroatoms.